The minimum Gasteiger partial charge on any atom is -0.493 e. The van der Waals surface area contributed by atoms with Crippen LogP contribution in [0, 0.1) is 3.57 Å². The van der Waals surface area contributed by atoms with E-state index in [-0.39, 0.29) is 16.5 Å². The maximum atomic E-state index is 13.0. The number of benzene rings is 2. The average Bonchev–Trinajstić information content (AvgIpc) is 2.98. The second-order valence-electron chi connectivity index (χ2n) is 6.30. The molecule has 1 amide bonds. The zero-order valence-electron chi connectivity index (χ0n) is 16.4. The summed E-state index contributed by atoms with van der Waals surface area (Å²) in [4.78, 5) is 24.3. The van der Waals surface area contributed by atoms with Gasteiger partial charge in [-0.05, 0) is 78.4 Å². The summed E-state index contributed by atoms with van der Waals surface area (Å²) in [5.74, 6) is -0.332. The quantitative estimate of drug-likeness (QED) is 0.418. The third kappa shape index (κ3) is 4.29. The molecule has 1 N–H and O–H groups in total. The van der Waals surface area contributed by atoms with E-state index in [0.29, 0.717) is 35.1 Å². The van der Waals surface area contributed by atoms with Crippen LogP contribution in [0.4, 0.5) is 5.69 Å². The number of nitrogens with zero attached hydrogens (tertiary/aromatic N) is 2. The number of aromatic carboxylic acids is 1. The van der Waals surface area contributed by atoms with Crippen LogP contribution in [0.2, 0.25) is 5.02 Å². The first kappa shape index (κ1) is 22.1. The molecule has 1 heterocycles. The van der Waals surface area contributed by atoms with Crippen LogP contribution in [0.5, 0.6) is 11.5 Å². The van der Waals surface area contributed by atoms with Gasteiger partial charge >= 0.3 is 5.97 Å². The van der Waals surface area contributed by atoms with Gasteiger partial charge in [0, 0.05) is 0 Å². The first-order chi connectivity index (χ1) is 14.3. The lowest BCUT2D eigenvalue weighted by atomic mass is 10.1. The van der Waals surface area contributed by atoms with E-state index < -0.39 is 5.97 Å². The fourth-order valence-electron chi connectivity index (χ4n) is 2.94. The number of carbonyl (C=O) groups is 2. The van der Waals surface area contributed by atoms with Crippen LogP contribution in [0.15, 0.2) is 41.0 Å². The predicted octanol–water partition coefficient (Wildman–Crippen LogP) is 4.86. The standard InChI is InChI=1S/C21H18ClIN2O5/c1-4-30-19-17(23)8-12(9-18(19)29-3)7-14-11(2)24-25(20(14)26)13-5-6-16(22)15(10-13)21(27)28/h5-10H,4H2,1-3H3,(H,27,28)/b14-7-. The Morgan fingerprint density at radius 1 is 1.33 bits per heavy atom. The summed E-state index contributed by atoms with van der Waals surface area (Å²) in [5, 5.41) is 14.8. The van der Waals surface area contributed by atoms with Crippen molar-refractivity contribution in [1.82, 2.24) is 0 Å². The molecule has 0 aromatic heterocycles. The molecule has 0 fully saturated rings. The first-order valence-electron chi connectivity index (χ1n) is 8.91. The molecule has 0 bridgehead atoms. The monoisotopic (exact) mass is 540 g/mol. The average molecular weight is 541 g/mol. The Kier molecular flexibility index (Phi) is 6.67. The van der Waals surface area contributed by atoms with E-state index in [0.717, 1.165) is 9.13 Å². The van der Waals surface area contributed by atoms with Gasteiger partial charge in [-0.1, -0.05) is 11.6 Å². The van der Waals surface area contributed by atoms with Crippen molar-refractivity contribution >= 4 is 63.5 Å². The van der Waals surface area contributed by atoms with E-state index in [1.54, 1.807) is 32.2 Å². The van der Waals surface area contributed by atoms with Gasteiger partial charge in [0.05, 0.1) is 44.8 Å². The van der Waals surface area contributed by atoms with Crippen LogP contribution in [0.3, 0.4) is 0 Å². The Morgan fingerprint density at radius 2 is 2.07 bits per heavy atom. The van der Waals surface area contributed by atoms with E-state index in [4.69, 9.17) is 21.1 Å². The lowest BCUT2D eigenvalue weighted by Crippen LogP contribution is -2.21. The molecular weight excluding hydrogens is 523 g/mol. The van der Waals surface area contributed by atoms with E-state index in [9.17, 15) is 14.7 Å². The Balaban J connectivity index is 1.98. The van der Waals surface area contributed by atoms with Crippen molar-refractivity contribution in [3.63, 3.8) is 0 Å². The van der Waals surface area contributed by atoms with Gasteiger partial charge in [0.15, 0.2) is 11.5 Å². The van der Waals surface area contributed by atoms with Gasteiger partial charge in [-0.3, -0.25) is 4.79 Å². The zero-order valence-corrected chi connectivity index (χ0v) is 19.3. The number of hydrazone groups is 1. The summed E-state index contributed by atoms with van der Waals surface area (Å²) >= 11 is 8.08. The van der Waals surface area contributed by atoms with Gasteiger partial charge in [0.25, 0.3) is 5.91 Å². The third-order valence-electron chi connectivity index (χ3n) is 4.34. The number of carboxylic acid groups (broad SMARTS) is 1. The lowest BCUT2D eigenvalue weighted by Gasteiger charge is -2.13. The molecule has 156 valence electrons. The molecule has 7 nitrogen and oxygen atoms in total. The molecule has 1 aliphatic rings. The zero-order chi connectivity index (χ0) is 22.0. The van der Waals surface area contributed by atoms with Gasteiger partial charge in [-0.2, -0.15) is 10.1 Å². The number of methoxy groups -OCH3 is 1. The second-order valence-corrected chi connectivity index (χ2v) is 7.87. The van der Waals surface area contributed by atoms with Crippen LogP contribution in [0.1, 0.15) is 29.8 Å². The van der Waals surface area contributed by atoms with Crippen molar-refractivity contribution in [2.45, 2.75) is 13.8 Å². The predicted molar refractivity (Wildman–Crippen MR) is 124 cm³/mol. The van der Waals surface area contributed by atoms with Gasteiger partial charge in [-0.25, -0.2) is 4.79 Å². The summed E-state index contributed by atoms with van der Waals surface area (Å²) < 4.78 is 11.9. The number of carboxylic acids is 1. The minimum atomic E-state index is -1.18. The number of amides is 1. The molecule has 2 aromatic rings. The van der Waals surface area contributed by atoms with Crippen molar-refractivity contribution < 1.29 is 24.2 Å². The molecule has 0 atom stereocenters. The molecule has 3 rings (SSSR count). The smallest absolute Gasteiger partial charge is 0.337 e. The highest BCUT2D eigenvalue weighted by atomic mass is 127. The Bertz CT molecular complexity index is 1100. The highest BCUT2D eigenvalue weighted by Gasteiger charge is 2.29. The van der Waals surface area contributed by atoms with Crippen LogP contribution < -0.4 is 14.5 Å². The molecule has 0 unspecified atom stereocenters. The summed E-state index contributed by atoms with van der Waals surface area (Å²) in [6, 6.07) is 7.98. The highest BCUT2D eigenvalue weighted by Crippen LogP contribution is 2.35. The Labute approximate surface area is 192 Å². The summed E-state index contributed by atoms with van der Waals surface area (Å²) in [5.41, 5.74) is 1.88. The number of rotatable bonds is 6. The van der Waals surface area contributed by atoms with Crippen LogP contribution in [-0.4, -0.2) is 36.4 Å². The molecule has 0 radical (unpaired) electrons. The summed E-state index contributed by atoms with van der Waals surface area (Å²) in [6.45, 7) is 4.11. The van der Waals surface area contributed by atoms with Crippen molar-refractivity contribution in [3.8, 4) is 11.5 Å². The summed E-state index contributed by atoms with van der Waals surface area (Å²) in [7, 11) is 1.56. The van der Waals surface area contributed by atoms with Crippen LogP contribution >= 0.6 is 34.2 Å². The second kappa shape index (κ2) is 9.05. The van der Waals surface area contributed by atoms with Gasteiger partial charge < -0.3 is 14.6 Å². The third-order valence-corrected chi connectivity index (χ3v) is 5.47. The molecule has 9 heteroatoms. The van der Waals surface area contributed by atoms with Gasteiger partial charge in [0.2, 0.25) is 0 Å². The molecule has 0 spiro atoms. The van der Waals surface area contributed by atoms with Crippen molar-refractivity contribution in [2.75, 3.05) is 18.7 Å². The SMILES string of the molecule is CCOc1c(I)cc(/C=C2\C(=O)N(c3ccc(Cl)c(C(=O)O)c3)N=C2C)cc1OC. The maximum absolute atomic E-state index is 13.0. The molecule has 0 saturated heterocycles. The molecule has 30 heavy (non-hydrogen) atoms. The highest BCUT2D eigenvalue weighted by molar-refractivity contribution is 14.1. The van der Waals surface area contributed by atoms with E-state index >= 15 is 0 Å². The lowest BCUT2D eigenvalue weighted by molar-refractivity contribution is -0.114. The van der Waals surface area contributed by atoms with E-state index in [1.807, 2.05) is 13.0 Å². The van der Waals surface area contributed by atoms with Crippen molar-refractivity contribution in [2.24, 2.45) is 5.10 Å². The minimum absolute atomic E-state index is 0.0884. The molecular formula is C21H18ClIN2O5. The number of ether oxygens (including phenoxy) is 2. The van der Waals surface area contributed by atoms with Gasteiger partial charge in [0.1, 0.15) is 0 Å². The number of hydrogen-bond donors (Lipinski definition) is 1. The topological polar surface area (TPSA) is 88.4 Å². The van der Waals surface area contributed by atoms with E-state index in [1.165, 1.54) is 17.1 Å². The van der Waals surface area contributed by atoms with Crippen molar-refractivity contribution in [3.05, 3.63) is 55.6 Å². The Hall–Kier alpha value is -2.59. The number of carbonyl (C=O) groups excluding carboxylic acids is 1. The molecule has 1 aliphatic heterocycles. The summed E-state index contributed by atoms with van der Waals surface area (Å²) in [6.07, 6.45) is 1.72. The molecule has 2 aromatic carbocycles. The van der Waals surface area contributed by atoms with E-state index in [2.05, 4.69) is 27.7 Å². The maximum Gasteiger partial charge on any atom is 0.337 e. The first-order valence-corrected chi connectivity index (χ1v) is 10.4. The Morgan fingerprint density at radius 3 is 2.70 bits per heavy atom. The number of hydrogen-bond acceptors (Lipinski definition) is 5. The fourth-order valence-corrected chi connectivity index (χ4v) is 3.92. The normalized spacial score (nSPS) is 14.8. The fraction of sp³-hybridized carbons (Fsp3) is 0.190. The molecule has 0 aliphatic carbocycles. The van der Waals surface area contributed by atoms with Crippen molar-refractivity contribution in [1.29, 1.82) is 0 Å². The van der Waals surface area contributed by atoms with Crippen LogP contribution in [0.25, 0.3) is 6.08 Å². The molecule has 0 saturated carbocycles. The number of halogens is 2. The van der Waals surface area contributed by atoms with Gasteiger partial charge in [-0.15, -0.1) is 0 Å². The van der Waals surface area contributed by atoms with Crippen LogP contribution in [-0.2, 0) is 4.79 Å². The largest absolute Gasteiger partial charge is 0.493 e. The number of anilines is 1.